The Morgan fingerprint density at radius 1 is 0.944 bits per heavy atom. The number of carbonyl (C=O) groups excluding carboxylic acids is 2. The molecule has 1 aliphatic carbocycles. The summed E-state index contributed by atoms with van der Waals surface area (Å²) >= 11 is 0. The Morgan fingerprint density at radius 3 is 2.39 bits per heavy atom. The molecule has 0 fully saturated rings. The van der Waals surface area contributed by atoms with E-state index in [1.807, 2.05) is 88.6 Å². The molecule has 6 rings (SSSR count). The average Bonchev–Trinajstić information content (AvgIpc) is 3.52. The van der Waals surface area contributed by atoms with Crippen LogP contribution >= 0.6 is 0 Å². The van der Waals surface area contributed by atoms with Crippen molar-refractivity contribution in [1.29, 1.82) is 5.26 Å². The van der Waals surface area contributed by atoms with Gasteiger partial charge in [0.05, 0.1) is 12.1 Å². The molecular weight excluding hydrogens is 448 g/mol. The van der Waals surface area contributed by atoms with Crippen LogP contribution in [0.1, 0.15) is 24.8 Å². The number of fused-ring (bicyclic) bond motifs is 3. The van der Waals surface area contributed by atoms with Gasteiger partial charge in [-0.2, -0.15) is 5.26 Å². The number of nitrogens with zero attached hydrogens (tertiary/aromatic N) is 4. The van der Waals surface area contributed by atoms with Crippen LogP contribution in [0.4, 0.5) is 11.4 Å². The summed E-state index contributed by atoms with van der Waals surface area (Å²) in [5, 5.41) is 10.8. The van der Waals surface area contributed by atoms with Gasteiger partial charge < -0.3 is 4.57 Å². The molecule has 0 saturated carbocycles. The minimum absolute atomic E-state index is 0.0500. The number of anilines is 2. The third-order valence-electron chi connectivity index (χ3n) is 7.23. The first-order valence-corrected chi connectivity index (χ1v) is 11.9. The summed E-state index contributed by atoms with van der Waals surface area (Å²) in [4.78, 5) is 31.8. The van der Waals surface area contributed by atoms with Crippen LogP contribution in [-0.2, 0) is 15.0 Å². The van der Waals surface area contributed by atoms with E-state index in [0.717, 1.165) is 11.4 Å². The standard InChI is InChI=1S/C30H22N4O2/c1-2-17-33-24-14-7-6-13-22(24)30(29(33)36)23(20-31)28(32-18-8-9-19-32)34(21-11-4-3-5-12-21)25-15-10-16-26(35)27(25)30/h1,3-9,11-14,18-19H,10,15-17H2/t30-/m1/s1. The SMILES string of the molecule is C#CCN1C(=O)[C@@]2(C(C#N)=C(n3cccc3)N(c3ccccc3)C3=C2C(=O)CCC3)c2ccccc21. The zero-order valence-electron chi connectivity index (χ0n) is 19.5. The molecule has 0 unspecified atom stereocenters. The van der Waals surface area contributed by atoms with E-state index >= 15 is 0 Å². The first-order valence-electron chi connectivity index (χ1n) is 11.9. The van der Waals surface area contributed by atoms with Gasteiger partial charge in [0.2, 0.25) is 5.91 Å². The number of hydrogen-bond acceptors (Lipinski definition) is 4. The van der Waals surface area contributed by atoms with Crippen molar-refractivity contribution in [1.82, 2.24) is 4.57 Å². The molecule has 0 radical (unpaired) electrons. The third-order valence-corrected chi connectivity index (χ3v) is 7.23. The lowest BCUT2D eigenvalue weighted by Crippen LogP contribution is -2.51. The zero-order valence-corrected chi connectivity index (χ0v) is 19.5. The summed E-state index contributed by atoms with van der Waals surface area (Å²) in [5.41, 5.74) is 1.90. The van der Waals surface area contributed by atoms with Crippen molar-refractivity contribution in [2.75, 3.05) is 16.3 Å². The molecule has 1 atom stereocenters. The Hall–Kier alpha value is -4.81. The topological polar surface area (TPSA) is 69.3 Å². The van der Waals surface area contributed by atoms with Gasteiger partial charge in [0, 0.05) is 47.0 Å². The number of rotatable bonds is 3. The van der Waals surface area contributed by atoms with Gasteiger partial charge in [-0.1, -0.05) is 42.3 Å². The minimum atomic E-state index is -1.56. The molecule has 0 saturated heterocycles. The first-order chi connectivity index (χ1) is 17.6. The van der Waals surface area contributed by atoms with E-state index in [0.29, 0.717) is 41.9 Å². The van der Waals surface area contributed by atoms with Gasteiger partial charge in [0.15, 0.2) is 5.78 Å². The Balaban J connectivity index is 1.79. The number of hydrogen-bond donors (Lipinski definition) is 0. The number of Topliss-reactive ketones (excluding diaryl/α,β-unsaturated/α-hetero) is 1. The van der Waals surface area contributed by atoms with Gasteiger partial charge in [-0.05, 0) is 43.2 Å². The van der Waals surface area contributed by atoms with E-state index in [1.165, 1.54) is 4.90 Å². The van der Waals surface area contributed by atoms with Gasteiger partial charge in [0.25, 0.3) is 0 Å². The highest BCUT2D eigenvalue weighted by molar-refractivity contribution is 6.22. The number of para-hydroxylation sites is 2. The molecule has 3 heterocycles. The Kier molecular flexibility index (Phi) is 4.91. The fourth-order valence-electron chi connectivity index (χ4n) is 5.90. The van der Waals surface area contributed by atoms with Crippen LogP contribution in [-0.4, -0.2) is 22.8 Å². The highest BCUT2D eigenvalue weighted by atomic mass is 16.2. The van der Waals surface area contributed by atoms with Gasteiger partial charge in [-0.15, -0.1) is 6.42 Å². The molecule has 6 heteroatoms. The molecule has 2 aromatic carbocycles. The Labute approximate surface area is 209 Å². The molecule has 174 valence electrons. The largest absolute Gasteiger partial charge is 0.309 e. The fraction of sp³-hybridized carbons (Fsp3) is 0.167. The molecule has 1 aromatic heterocycles. The molecule has 3 aliphatic rings. The van der Waals surface area contributed by atoms with Crippen LogP contribution in [0.25, 0.3) is 5.82 Å². The van der Waals surface area contributed by atoms with Gasteiger partial charge in [0.1, 0.15) is 17.3 Å². The van der Waals surface area contributed by atoms with Crippen molar-refractivity contribution >= 4 is 28.9 Å². The predicted octanol–water partition coefficient (Wildman–Crippen LogP) is 4.63. The molecule has 0 bridgehead atoms. The van der Waals surface area contributed by atoms with Crippen molar-refractivity contribution in [3.8, 4) is 18.4 Å². The summed E-state index contributed by atoms with van der Waals surface area (Å²) in [6.07, 6.45) is 11.0. The van der Waals surface area contributed by atoms with Crippen molar-refractivity contribution < 1.29 is 9.59 Å². The van der Waals surface area contributed by atoms with Crippen molar-refractivity contribution in [3.05, 3.63) is 102 Å². The van der Waals surface area contributed by atoms with Crippen LogP contribution in [0.5, 0.6) is 0 Å². The van der Waals surface area contributed by atoms with E-state index in [9.17, 15) is 14.9 Å². The summed E-state index contributed by atoms with van der Waals surface area (Å²) in [6, 6.07) is 23.2. The Morgan fingerprint density at radius 2 is 1.67 bits per heavy atom. The smallest absolute Gasteiger partial charge is 0.248 e. The normalized spacial score (nSPS) is 20.9. The second kappa shape index (κ2) is 8.15. The molecule has 2 aliphatic heterocycles. The highest BCUT2D eigenvalue weighted by Gasteiger charge is 2.62. The van der Waals surface area contributed by atoms with Crippen LogP contribution in [0, 0.1) is 23.7 Å². The maximum Gasteiger partial charge on any atom is 0.248 e. The summed E-state index contributed by atoms with van der Waals surface area (Å²) in [6.45, 7) is 0.0500. The quantitative estimate of drug-likeness (QED) is 0.524. The molecule has 1 spiro atoms. The number of allylic oxidation sites excluding steroid dienone is 1. The van der Waals surface area contributed by atoms with Crippen molar-refractivity contribution in [3.63, 3.8) is 0 Å². The van der Waals surface area contributed by atoms with E-state index < -0.39 is 5.41 Å². The minimum Gasteiger partial charge on any atom is -0.309 e. The maximum absolute atomic E-state index is 14.5. The lowest BCUT2D eigenvalue weighted by Gasteiger charge is -2.45. The van der Waals surface area contributed by atoms with Gasteiger partial charge in [-0.3, -0.25) is 19.4 Å². The summed E-state index contributed by atoms with van der Waals surface area (Å²) in [5.74, 6) is 2.67. The van der Waals surface area contributed by atoms with Crippen LogP contribution in [0.3, 0.4) is 0 Å². The third kappa shape index (κ3) is 2.73. The second-order valence-electron chi connectivity index (χ2n) is 9.03. The lowest BCUT2D eigenvalue weighted by molar-refractivity contribution is -0.124. The number of aromatic nitrogens is 1. The van der Waals surface area contributed by atoms with E-state index in [-0.39, 0.29) is 23.8 Å². The first kappa shape index (κ1) is 21.7. The van der Waals surface area contributed by atoms with Crippen LogP contribution < -0.4 is 9.80 Å². The summed E-state index contributed by atoms with van der Waals surface area (Å²) < 4.78 is 1.86. The summed E-state index contributed by atoms with van der Waals surface area (Å²) in [7, 11) is 0. The Bertz CT molecular complexity index is 1550. The second-order valence-corrected chi connectivity index (χ2v) is 9.03. The number of carbonyl (C=O) groups is 2. The number of amides is 1. The molecule has 3 aromatic rings. The number of benzene rings is 2. The maximum atomic E-state index is 14.5. The van der Waals surface area contributed by atoms with E-state index in [1.54, 1.807) is 0 Å². The molecule has 0 N–H and O–H groups in total. The van der Waals surface area contributed by atoms with E-state index in [2.05, 4.69) is 12.0 Å². The monoisotopic (exact) mass is 470 g/mol. The van der Waals surface area contributed by atoms with E-state index in [4.69, 9.17) is 6.42 Å². The number of terminal acetylenes is 1. The molecule has 1 amide bonds. The van der Waals surface area contributed by atoms with Crippen molar-refractivity contribution in [2.45, 2.75) is 24.7 Å². The molecular formula is C30H22N4O2. The number of ketones is 1. The van der Waals surface area contributed by atoms with Gasteiger partial charge in [-0.25, -0.2) is 0 Å². The van der Waals surface area contributed by atoms with Crippen molar-refractivity contribution in [2.24, 2.45) is 0 Å². The van der Waals surface area contributed by atoms with Crippen LogP contribution in [0.2, 0.25) is 0 Å². The highest BCUT2D eigenvalue weighted by Crippen LogP contribution is 2.58. The lowest BCUT2D eigenvalue weighted by atomic mass is 9.63. The molecule has 6 nitrogen and oxygen atoms in total. The average molecular weight is 471 g/mol. The predicted molar refractivity (Wildman–Crippen MR) is 137 cm³/mol. The zero-order chi connectivity index (χ0) is 24.9. The molecule has 36 heavy (non-hydrogen) atoms. The fourth-order valence-corrected chi connectivity index (χ4v) is 5.90. The number of nitriles is 1. The van der Waals surface area contributed by atoms with Gasteiger partial charge >= 0.3 is 0 Å². The van der Waals surface area contributed by atoms with Crippen LogP contribution in [0.15, 0.2) is 96.0 Å².